The Morgan fingerprint density at radius 2 is 1.85 bits per heavy atom. The maximum absolute atomic E-state index is 5.83. The molecule has 1 unspecified atom stereocenters. The second kappa shape index (κ2) is 6.76. The van der Waals surface area contributed by atoms with E-state index in [1.165, 1.54) is 11.1 Å². The lowest BCUT2D eigenvalue weighted by molar-refractivity contribution is -0.00546. The number of benzene rings is 1. The average Bonchev–Trinajstić information content (AvgIpc) is 2.96. The molecule has 2 heterocycles. The van der Waals surface area contributed by atoms with E-state index in [1.807, 2.05) is 0 Å². The van der Waals surface area contributed by atoms with Crippen molar-refractivity contribution >= 4 is 23.3 Å². The van der Waals surface area contributed by atoms with Crippen LogP contribution in [0.5, 0.6) is 0 Å². The Morgan fingerprint density at radius 1 is 1.08 bits per heavy atom. The summed E-state index contributed by atoms with van der Waals surface area (Å²) in [6, 6.07) is 10.8. The normalized spacial score (nSPS) is 24.6. The monoisotopic (exact) mass is 349 g/mol. The lowest BCUT2D eigenvalue weighted by atomic mass is 10.0. The minimum absolute atomic E-state index is 0.237. The maximum Gasteiger partial charge on any atom is 0.129 e. The summed E-state index contributed by atoms with van der Waals surface area (Å²) in [4.78, 5) is 7.16. The van der Waals surface area contributed by atoms with Gasteiger partial charge in [0.15, 0.2) is 0 Å². The molecule has 0 spiro atoms. The maximum atomic E-state index is 5.83. The van der Waals surface area contributed by atoms with Crippen molar-refractivity contribution in [2.75, 3.05) is 23.3 Å². The van der Waals surface area contributed by atoms with E-state index < -0.39 is 0 Å². The van der Waals surface area contributed by atoms with Crippen molar-refractivity contribution in [1.82, 2.24) is 4.98 Å². The molecule has 0 radical (unpaired) electrons. The van der Waals surface area contributed by atoms with E-state index >= 15 is 0 Å². The van der Waals surface area contributed by atoms with Crippen LogP contribution in [0.1, 0.15) is 43.5 Å². The van der Waals surface area contributed by atoms with E-state index in [1.54, 1.807) is 0 Å². The highest BCUT2D eigenvalue weighted by atomic mass is 16.5. The molecule has 136 valence electrons. The first-order valence-corrected chi connectivity index (χ1v) is 9.47. The van der Waals surface area contributed by atoms with Crippen LogP contribution in [0, 0.1) is 6.92 Å². The van der Waals surface area contributed by atoms with Crippen molar-refractivity contribution in [3.8, 4) is 0 Å². The number of allylic oxidation sites excluding steroid dienone is 1. The summed E-state index contributed by atoms with van der Waals surface area (Å²) >= 11 is 0. The fraction of sp³-hybridized carbons (Fsp3) is 0.409. The summed E-state index contributed by atoms with van der Waals surface area (Å²) in [6.45, 7) is 10.3. The van der Waals surface area contributed by atoms with Crippen molar-refractivity contribution in [1.29, 1.82) is 0 Å². The number of hydrogen-bond acceptors (Lipinski definition) is 4. The standard InChI is InChI=1S/C22H27N3O/c1-14-5-6-18-11-19(7-8-20(14)18)24-21-9-10-22(23-17(21)4)25-12-15(2)26-16(3)13-25/h5-11,14-16,24H,12-13H2,1-4H3/t14?,15-,16+. The fourth-order valence-corrected chi connectivity index (χ4v) is 3.94. The average molecular weight is 349 g/mol. The van der Waals surface area contributed by atoms with Crippen LogP contribution in [0.25, 0.3) is 6.08 Å². The highest BCUT2D eigenvalue weighted by molar-refractivity contribution is 5.71. The van der Waals surface area contributed by atoms with Gasteiger partial charge in [-0.2, -0.15) is 0 Å². The van der Waals surface area contributed by atoms with Gasteiger partial charge in [-0.3, -0.25) is 0 Å². The zero-order chi connectivity index (χ0) is 18.3. The van der Waals surface area contributed by atoms with Gasteiger partial charge >= 0.3 is 0 Å². The molecule has 26 heavy (non-hydrogen) atoms. The van der Waals surface area contributed by atoms with Gasteiger partial charge in [0, 0.05) is 18.8 Å². The lowest BCUT2D eigenvalue weighted by Crippen LogP contribution is -2.45. The number of aryl methyl sites for hydroxylation is 1. The summed E-state index contributed by atoms with van der Waals surface area (Å²) in [5, 5.41) is 3.52. The number of ether oxygens (including phenoxy) is 1. The zero-order valence-electron chi connectivity index (χ0n) is 16.0. The van der Waals surface area contributed by atoms with E-state index in [0.29, 0.717) is 5.92 Å². The Kier molecular flexibility index (Phi) is 4.45. The van der Waals surface area contributed by atoms with E-state index in [-0.39, 0.29) is 12.2 Å². The van der Waals surface area contributed by atoms with Crippen LogP contribution in [-0.4, -0.2) is 30.3 Å². The molecule has 1 aromatic heterocycles. The van der Waals surface area contributed by atoms with Crippen LogP contribution in [-0.2, 0) is 4.74 Å². The third-order valence-electron chi connectivity index (χ3n) is 5.24. The van der Waals surface area contributed by atoms with Crippen LogP contribution in [0.2, 0.25) is 0 Å². The number of morpholine rings is 1. The summed E-state index contributed by atoms with van der Waals surface area (Å²) in [7, 11) is 0. The number of nitrogens with one attached hydrogen (secondary N) is 1. The summed E-state index contributed by atoms with van der Waals surface area (Å²) in [6.07, 6.45) is 4.93. The Balaban J connectivity index is 1.52. The van der Waals surface area contributed by atoms with E-state index in [0.717, 1.165) is 36.0 Å². The van der Waals surface area contributed by atoms with E-state index in [9.17, 15) is 0 Å². The number of anilines is 3. The Bertz CT molecular complexity index is 835. The Labute approximate surface area is 155 Å². The van der Waals surface area contributed by atoms with Gasteiger partial charge in [0.25, 0.3) is 0 Å². The first kappa shape index (κ1) is 17.1. The highest BCUT2D eigenvalue weighted by Crippen LogP contribution is 2.32. The molecular formula is C22H27N3O. The van der Waals surface area contributed by atoms with Gasteiger partial charge in [-0.1, -0.05) is 25.1 Å². The molecule has 0 bridgehead atoms. The quantitative estimate of drug-likeness (QED) is 0.857. The van der Waals surface area contributed by atoms with Gasteiger partial charge in [-0.25, -0.2) is 4.98 Å². The number of aromatic nitrogens is 1. The van der Waals surface area contributed by atoms with Crippen LogP contribution in [0.4, 0.5) is 17.2 Å². The SMILES string of the molecule is Cc1nc(N2C[C@@H](C)O[C@@H](C)C2)ccc1Nc1ccc2c(c1)C=CC2C. The summed E-state index contributed by atoms with van der Waals surface area (Å²) in [5.74, 6) is 1.54. The molecule has 4 heteroatoms. The minimum Gasteiger partial charge on any atom is -0.372 e. The Morgan fingerprint density at radius 3 is 2.58 bits per heavy atom. The third-order valence-corrected chi connectivity index (χ3v) is 5.24. The minimum atomic E-state index is 0.237. The molecule has 1 aromatic carbocycles. The first-order valence-electron chi connectivity index (χ1n) is 9.47. The van der Waals surface area contributed by atoms with Gasteiger partial charge in [-0.05, 0) is 62.1 Å². The molecule has 2 aliphatic rings. The molecule has 0 amide bonds. The number of nitrogens with zero attached hydrogens (tertiary/aromatic N) is 2. The van der Waals surface area contributed by atoms with Crippen molar-refractivity contribution < 1.29 is 4.74 Å². The molecular weight excluding hydrogens is 322 g/mol. The topological polar surface area (TPSA) is 37.4 Å². The van der Waals surface area contributed by atoms with Crippen LogP contribution >= 0.6 is 0 Å². The number of fused-ring (bicyclic) bond motifs is 1. The van der Waals surface area contributed by atoms with Crippen molar-refractivity contribution in [3.05, 3.63) is 53.2 Å². The van der Waals surface area contributed by atoms with Gasteiger partial charge in [-0.15, -0.1) is 0 Å². The molecule has 1 saturated heterocycles. The Hall–Kier alpha value is -2.33. The fourth-order valence-electron chi connectivity index (χ4n) is 3.94. The molecule has 1 N–H and O–H groups in total. The first-order chi connectivity index (χ1) is 12.5. The molecule has 2 aromatic rings. The molecule has 4 nitrogen and oxygen atoms in total. The predicted octanol–water partition coefficient (Wildman–Crippen LogP) is 4.88. The van der Waals surface area contributed by atoms with E-state index in [2.05, 4.69) is 80.4 Å². The number of rotatable bonds is 3. The van der Waals surface area contributed by atoms with E-state index in [4.69, 9.17) is 9.72 Å². The second-order valence-electron chi connectivity index (χ2n) is 7.58. The van der Waals surface area contributed by atoms with Crippen LogP contribution < -0.4 is 10.2 Å². The van der Waals surface area contributed by atoms with Gasteiger partial charge in [0.05, 0.1) is 23.6 Å². The summed E-state index contributed by atoms with van der Waals surface area (Å²) in [5.41, 5.74) is 5.88. The molecule has 1 fully saturated rings. The lowest BCUT2D eigenvalue weighted by Gasteiger charge is -2.36. The van der Waals surface area contributed by atoms with Gasteiger partial charge in [0.1, 0.15) is 5.82 Å². The van der Waals surface area contributed by atoms with Crippen molar-refractivity contribution in [2.24, 2.45) is 0 Å². The van der Waals surface area contributed by atoms with Crippen LogP contribution in [0.15, 0.2) is 36.4 Å². The molecule has 4 rings (SSSR count). The van der Waals surface area contributed by atoms with Crippen LogP contribution in [0.3, 0.4) is 0 Å². The third kappa shape index (κ3) is 3.34. The number of pyridine rings is 1. The second-order valence-corrected chi connectivity index (χ2v) is 7.58. The molecule has 3 atom stereocenters. The van der Waals surface area contributed by atoms with Crippen molar-refractivity contribution in [2.45, 2.75) is 45.8 Å². The molecule has 1 aliphatic heterocycles. The largest absolute Gasteiger partial charge is 0.372 e. The summed E-state index contributed by atoms with van der Waals surface area (Å²) < 4.78 is 5.83. The molecule has 0 saturated carbocycles. The molecule has 1 aliphatic carbocycles. The zero-order valence-corrected chi connectivity index (χ0v) is 16.0. The number of hydrogen-bond donors (Lipinski definition) is 1. The van der Waals surface area contributed by atoms with Gasteiger partial charge < -0.3 is 15.0 Å². The highest BCUT2D eigenvalue weighted by Gasteiger charge is 2.23. The van der Waals surface area contributed by atoms with Gasteiger partial charge in [0.2, 0.25) is 0 Å². The smallest absolute Gasteiger partial charge is 0.129 e. The van der Waals surface area contributed by atoms with Crippen molar-refractivity contribution in [3.63, 3.8) is 0 Å². The predicted molar refractivity (Wildman–Crippen MR) is 108 cm³/mol.